The third-order valence-corrected chi connectivity index (χ3v) is 4.76. The number of nitrogens with two attached hydrogens (primary N) is 1. The highest BCUT2D eigenvalue weighted by molar-refractivity contribution is 6.30. The minimum atomic E-state index is -0.130. The Morgan fingerprint density at radius 1 is 1.29 bits per heavy atom. The van der Waals surface area contributed by atoms with Gasteiger partial charge in [0.15, 0.2) is 0 Å². The molecule has 28 heavy (non-hydrogen) atoms. The maximum Gasteiger partial charge on any atom is 0.209 e. The van der Waals surface area contributed by atoms with Gasteiger partial charge in [0.1, 0.15) is 12.4 Å². The molecule has 8 heteroatoms. The molecule has 2 aromatic carbocycles. The topological polar surface area (TPSA) is 94.8 Å². The number of guanidine groups is 1. The fraction of sp³-hybridized carbons (Fsp3) is 0.150. The van der Waals surface area contributed by atoms with Gasteiger partial charge in [-0.2, -0.15) is 5.10 Å². The van der Waals surface area contributed by atoms with E-state index >= 15 is 0 Å². The number of rotatable bonds is 5. The molecule has 7 nitrogen and oxygen atoms in total. The van der Waals surface area contributed by atoms with E-state index in [1.54, 1.807) is 6.21 Å². The summed E-state index contributed by atoms with van der Waals surface area (Å²) in [5, 5.41) is 18.6. The predicted molar refractivity (Wildman–Crippen MR) is 115 cm³/mol. The molecule has 0 amide bonds. The summed E-state index contributed by atoms with van der Waals surface area (Å²) in [6.07, 6.45) is 3.74. The molecule has 4 rings (SSSR count). The summed E-state index contributed by atoms with van der Waals surface area (Å²) < 4.78 is 2.09. The van der Waals surface area contributed by atoms with E-state index in [1.807, 2.05) is 48.7 Å². The van der Waals surface area contributed by atoms with E-state index in [-0.39, 0.29) is 5.96 Å². The van der Waals surface area contributed by atoms with Crippen LogP contribution in [0.5, 0.6) is 0 Å². The number of para-hydroxylation sites is 1. The van der Waals surface area contributed by atoms with Crippen molar-refractivity contribution in [3.05, 3.63) is 65.3 Å². The molecule has 1 aliphatic heterocycles. The number of amidine groups is 1. The van der Waals surface area contributed by atoms with Crippen molar-refractivity contribution >= 4 is 40.5 Å². The van der Waals surface area contributed by atoms with Gasteiger partial charge in [0.25, 0.3) is 0 Å². The van der Waals surface area contributed by atoms with Gasteiger partial charge in [-0.3, -0.25) is 10.4 Å². The number of halogens is 1. The molecule has 0 fully saturated rings. The zero-order valence-electron chi connectivity index (χ0n) is 15.1. The smallest absolute Gasteiger partial charge is 0.209 e. The summed E-state index contributed by atoms with van der Waals surface area (Å²) >= 11 is 6.02. The number of aliphatic imine (C=N–C) groups is 1. The molecule has 0 saturated carbocycles. The lowest BCUT2D eigenvalue weighted by molar-refractivity contribution is 0.497. The van der Waals surface area contributed by atoms with Crippen LogP contribution in [0.25, 0.3) is 16.6 Å². The van der Waals surface area contributed by atoms with Gasteiger partial charge < -0.3 is 15.6 Å². The van der Waals surface area contributed by atoms with Crippen molar-refractivity contribution < 1.29 is 0 Å². The van der Waals surface area contributed by atoms with Crippen molar-refractivity contribution in [3.63, 3.8) is 0 Å². The van der Waals surface area contributed by atoms with Gasteiger partial charge in [0.2, 0.25) is 5.96 Å². The number of nitrogens with one attached hydrogen (secondary N) is 2. The van der Waals surface area contributed by atoms with Crippen LogP contribution in [0.3, 0.4) is 0 Å². The largest absolute Gasteiger partial charge is 0.370 e. The minimum Gasteiger partial charge on any atom is -0.370 e. The first-order valence-electron chi connectivity index (χ1n) is 8.90. The van der Waals surface area contributed by atoms with Gasteiger partial charge in [0, 0.05) is 34.4 Å². The van der Waals surface area contributed by atoms with E-state index in [2.05, 4.69) is 26.0 Å². The van der Waals surface area contributed by atoms with Crippen LogP contribution in [-0.2, 0) is 0 Å². The van der Waals surface area contributed by atoms with Crippen molar-refractivity contribution in [1.29, 1.82) is 5.41 Å². The summed E-state index contributed by atoms with van der Waals surface area (Å²) in [5.74, 6) is 0.657. The number of fused-ring (bicyclic) bond motifs is 1. The molecular formula is C20H20ClN7. The zero-order valence-corrected chi connectivity index (χ0v) is 15.9. The van der Waals surface area contributed by atoms with E-state index in [0.717, 1.165) is 41.1 Å². The van der Waals surface area contributed by atoms with Crippen LogP contribution in [0.15, 0.2) is 64.8 Å². The van der Waals surface area contributed by atoms with Crippen molar-refractivity contribution in [2.24, 2.45) is 15.8 Å². The van der Waals surface area contributed by atoms with Crippen molar-refractivity contribution in [1.82, 2.24) is 14.9 Å². The number of nitrogens with zero attached hydrogens (tertiary/aromatic N) is 4. The van der Waals surface area contributed by atoms with Gasteiger partial charge in [-0.05, 0) is 30.3 Å². The van der Waals surface area contributed by atoms with Crippen LogP contribution in [0.2, 0.25) is 5.02 Å². The van der Waals surface area contributed by atoms with Crippen LogP contribution < -0.4 is 11.1 Å². The summed E-state index contributed by atoms with van der Waals surface area (Å²) in [4.78, 5) is 4.34. The number of hydrogen-bond acceptors (Lipinski definition) is 4. The molecule has 4 N–H and O–H groups in total. The quantitative estimate of drug-likeness (QED) is 0.353. The maximum absolute atomic E-state index is 7.79. The Morgan fingerprint density at radius 2 is 2.07 bits per heavy atom. The minimum absolute atomic E-state index is 0.130. The van der Waals surface area contributed by atoms with E-state index in [4.69, 9.17) is 22.7 Å². The lowest BCUT2D eigenvalue weighted by Gasteiger charge is -2.16. The highest BCUT2D eigenvalue weighted by atomic mass is 35.5. The van der Waals surface area contributed by atoms with E-state index in [0.29, 0.717) is 11.6 Å². The Labute approximate surface area is 167 Å². The Balaban J connectivity index is 1.69. The molecule has 1 aromatic heterocycles. The van der Waals surface area contributed by atoms with Gasteiger partial charge in [0.05, 0.1) is 18.3 Å². The second-order valence-corrected chi connectivity index (χ2v) is 6.83. The van der Waals surface area contributed by atoms with Crippen molar-refractivity contribution in [3.8, 4) is 5.69 Å². The molecule has 3 aromatic rings. The number of aromatic nitrogens is 1. The van der Waals surface area contributed by atoms with Crippen molar-refractivity contribution in [2.75, 3.05) is 19.6 Å². The molecule has 0 unspecified atom stereocenters. The van der Waals surface area contributed by atoms with Crippen molar-refractivity contribution in [2.45, 2.75) is 0 Å². The summed E-state index contributed by atoms with van der Waals surface area (Å²) in [5.41, 5.74) is 8.69. The zero-order chi connectivity index (χ0) is 19.5. The lowest BCUT2D eigenvalue weighted by Crippen LogP contribution is -2.39. The molecular weight excluding hydrogens is 374 g/mol. The molecule has 0 saturated heterocycles. The Kier molecular flexibility index (Phi) is 4.99. The third kappa shape index (κ3) is 3.70. The van der Waals surface area contributed by atoms with Crippen LogP contribution in [0.4, 0.5) is 0 Å². The highest BCUT2D eigenvalue weighted by Gasteiger charge is 2.13. The fourth-order valence-electron chi connectivity index (χ4n) is 3.14. The second kappa shape index (κ2) is 7.74. The normalized spacial score (nSPS) is 13.7. The van der Waals surface area contributed by atoms with E-state index in [1.165, 1.54) is 5.01 Å². The molecule has 0 bridgehead atoms. The molecule has 0 aliphatic carbocycles. The van der Waals surface area contributed by atoms with Crippen LogP contribution in [0, 0.1) is 5.41 Å². The lowest BCUT2D eigenvalue weighted by atomic mass is 10.2. The summed E-state index contributed by atoms with van der Waals surface area (Å²) in [7, 11) is 0. The molecule has 142 valence electrons. The number of benzene rings is 2. The van der Waals surface area contributed by atoms with Gasteiger partial charge in [-0.1, -0.05) is 29.8 Å². The molecule has 1 aliphatic rings. The standard InChI is InChI=1S/C20H20ClN7/c21-15-5-7-16(8-6-15)27-12-14(17-3-1-2-4-18(17)27)11-26-28(20(22)23)13-19-24-9-10-25-19/h1-8,11-12H,9-10,13H2,(H3,22,23)(H,24,25)/b26-11+. The molecule has 0 atom stereocenters. The van der Waals surface area contributed by atoms with Crippen LogP contribution in [-0.4, -0.2) is 47.2 Å². The SMILES string of the molecule is N=C(N)N(CC1=NCCN1)/N=C/c1cn(-c2ccc(Cl)cc2)c2ccccc12. The summed E-state index contributed by atoms with van der Waals surface area (Å²) in [6.45, 7) is 1.89. The highest BCUT2D eigenvalue weighted by Crippen LogP contribution is 2.24. The second-order valence-electron chi connectivity index (χ2n) is 6.39. The first-order chi connectivity index (χ1) is 13.6. The average molecular weight is 394 g/mol. The molecule has 0 radical (unpaired) electrons. The molecule has 2 heterocycles. The Morgan fingerprint density at radius 3 is 2.79 bits per heavy atom. The fourth-order valence-corrected chi connectivity index (χ4v) is 3.26. The van der Waals surface area contributed by atoms with E-state index in [9.17, 15) is 0 Å². The monoisotopic (exact) mass is 393 g/mol. The van der Waals surface area contributed by atoms with Gasteiger partial charge >= 0.3 is 0 Å². The average Bonchev–Trinajstić information content (AvgIpc) is 3.33. The Bertz CT molecular complexity index is 1070. The Hall–Kier alpha value is -3.32. The number of hydrogen-bond donors (Lipinski definition) is 3. The van der Waals surface area contributed by atoms with Gasteiger partial charge in [-0.25, -0.2) is 5.01 Å². The predicted octanol–water partition coefficient (Wildman–Crippen LogP) is 2.81. The van der Waals surface area contributed by atoms with Crippen LogP contribution >= 0.6 is 11.6 Å². The first kappa shape index (κ1) is 18.1. The first-order valence-corrected chi connectivity index (χ1v) is 9.28. The van der Waals surface area contributed by atoms with E-state index < -0.39 is 0 Å². The van der Waals surface area contributed by atoms with Gasteiger partial charge in [-0.15, -0.1) is 0 Å². The molecule has 0 spiro atoms. The maximum atomic E-state index is 7.79. The number of hydrazone groups is 1. The summed E-state index contributed by atoms with van der Waals surface area (Å²) in [6, 6.07) is 15.8. The van der Waals surface area contributed by atoms with Crippen LogP contribution in [0.1, 0.15) is 5.56 Å². The third-order valence-electron chi connectivity index (χ3n) is 4.50.